The molecule has 1 heterocycles. The molecule has 5 rings (SSSR count). The number of hydrogen-bond donors (Lipinski definition) is 3. The Labute approximate surface area is 262 Å². The van der Waals surface area contributed by atoms with E-state index in [1.807, 2.05) is 48.7 Å². The van der Waals surface area contributed by atoms with E-state index in [9.17, 15) is 9.59 Å². The van der Waals surface area contributed by atoms with Crippen LogP contribution in [-0.4, -0.2) is 29.6 Å². The Morgan fingerprint density at radius 3 is 2.35 bits per heavy atom. The molecule has 0 bridgehead atoms. The molecule has 0 saturated carbocycles. The molecule has 1 aromatic heterocycles. The van der Waals surface area contributed by atoms with Gasteiger partial charge in [-0.05, 0) is 73.7 Å². The first-order chi connectivity index (χ1) is 20.8. The van der Waals surface area contributed by atoms with Crippen molar-refractivity contribution in [3.05, 3.63) is 123 Å². The molecule has 0 radical (unpaired) electrons. The highest BCUT2D eigenvalue weighted by Gasteiger charge is 2.10. The van der Waals surface area contributed by atoms with Crippen molar-refractivity contribution < 1.29 is 14.3 Å². The van der Waals surface area contributed by atoms with Gasteiger partial charge < -0.3 is 15.4 Å². The smallest absolute Gasteiger partial charge is 0.271 e. The van der Waals surface area contributed by atoms with Crippen molar-refractivity contribution in [2.24, 2.45) is 5.10 Å². The molecule has 0 atom stereocenters. The molecular formula is C32H25Cl2N5O3S. The van der Waals surface area contributed by atoms with Gasteiger partial charge in [0.05, 0.1) is 11.9 Å². The number of nitrogens with zero attached hydrogens (tertiary/aromatic N) is 2. The fourth-order valence-corrected chi connectivity index (χ4v) is 4.91. The third-order valence-corrected chi connectivity index (χ3v) is 7.32. The van der Waals surface area contributed by atoms with Gasteiger partial charge in [-0.3, -0.25) is 9.59 Å². The van der Waals surface area contributed by atoms with Gasteiger partial charge >= 0.3 is 0 Å². The van der Waals surface area contributed by atoms with Crippen molar-refractivity contribution in [2.45, 2.75) is 6.92 Å². The summed E-state index contributed by atoms with van der Waals surface area (Å²) in [5.74, 6) is -0.375. The maximum atomic E-state index is 12.7. The zero-order valence-electron chi connectivity index (χ0n) is 22.8. The lowest BCUT2D eigenvalue weighted by atomic mass is 10.1. The molecule has 2 amide bonds. The van der Waals surface area contributed by atoms with Crippen molar-refractivity contribution in [1.82, 2.24) is 10.4 Å². The van der Waals surface area contributed by atoms with E-state index < -0.39 is 5.91 Å². The Balaban J connectivity index is 1.16. The number of carbonyl (C=O) groups excluding carboxylic acids is 2. The van der Waals surface area contributed by atoms with Crippen LogP contribution in [0.2, 0.25) is 10.0 Å². The van der Waals surface area contributed by atoms with Gasteiger partial charge in [0.15, 0.2) is 11.7 Å². The van der Waals surface area contributed by atoms with E-state index >= 15 is 0 Å². The van der Waals surface area contributed by atoms with Gasteiger partial charge in [0.2, 0.25) is 0 Å². The van der Waals surface area contributed by atoms with Gasteiger partial charge in [0.1, 0.15) is 5.75 Å². The standard InChI is InChI=1S/C32H25Cl2N5O3S/c1-20-2-11-27(12-3-20)37-32-38-28(19-43-32)21-4-6-22(7-5-21)31(41)39-35-17-23-16-25(34)10-15-29(23)42-18-30(40)36-26-13-8-24(33)9-14-26/h2-17,19H,18H2,1H3,(H,36,40)(H,37,38)(H,39,41)/b35-17+. The average molecular weight is 631 g/mol. The number of nitrogens with one attached hydrogen (secondary N) is 3. The zero-order chi connectivity index (χ0) is 30.2. The molecule has 4 aromatic carbocycles. The van der Waals surface area contributed by atoms with Crippen molar-refractivity contribution in [3.8, 4) is 17.0 Å². The summed E-state index contributed by atoms with van der Waals surface area (Å²) in [5, 5.41) is 13.8. The van der Waals surface area contributed by atoms with Crippen LogP contribution < -0.4 is 20.8 Å². The molecule has 11 heteroatoms. The van der Waals surface area contributed by atoms with Crippen LogP contribution in [0.25, 0.3) is 11.3 Å². The van der Waals surface area contributed by atoms with Crippen molar-refractivity contribution in [3.63, 3.8) is 0 Å². The van der Waals surface area contributed by atoms with E-state index in [0.717, 1.165) is 22.1 Å². The molecule has 216 valence electrons. The molecule has 8 nitrogen and oxygen atoms in total. The largest absolute Gasteiger partial charge is 0.483 e. The average Bonchev–Trinajstić information content (AvgIpc) is 3.47. The first-order valence-corrected chi connectivity index (χ1v) is 14.7. The van der Waals surface area contributed by atoms with E-state index in [4.69, 9.17) is 27.9 Å². The summed E-state index contributed by atoms with van der Waals surface area (Å²) in [4.78, 5) is 29.7. The topological polar surface area (TPSA) is 105 Å². The first kappa shape index (κ1) is 29.8. The van der Waals surface area contributed by atoms with Gasteiger partial charge in [0.25, 0.3) is 11.8 Å². The number of aromatic nitrogens is 1. The van der Waals surface area contributed by atoms with Crippen LogP contribution >= 0.6 is 34.5 Å². The molecular weight excluding hydrogens is 605 g/mol. The van der Waals surface area contributed by atoms with Crippen LogP contribution in [0.15, 0.2) is 101 Å². The minimum atomic E-state index is -0.394. The second kappa shape index (κ2) is 14.0. The lowest BCUT2D eigenvalue weighted by molar-refractivity contribution is -0.118. The number of benzene rings is 4. The summed E-state index contributed by atoms with van der Waals surface area (Å²) in [5.41, 5.74) is 7.87. The summed E-state index contributed by atoms with van der Waals surface area (Å²) in [6.07, 6.45) is 1.41. The summed E-state index contributed by atoms with van der Waals surface area (Å²) in [7, 11) is 0. The highest BCUT2D eigenvalue weighted by Crippen LogP contribution is 2.28. The number of anilines is 3. The predicted octanol–water partition coefficient (Wildman–Crippen LogP) is 7.95. The zero-order valence-corrected chi connectivity index (χ0v) is 25.1. The van der Waals surface area contributed by atoms with Gasteiger partial charge in [0, 0.05) is 43.5 Å². The molecule has 0 saturated heterocycles. The van der Waals surface area contributed by atoms with Crippen LogP contribution in [-0.2, 0) is 4.79 Å². The molecule has 5 aromatic rings. The molecule has 43 heavy (non-hydrogen) atoms. The molecule has 0 aliphatic rings. The number of aryl methyl sites for hydroxylation is 1. The lowest BCUT2D eigenvalue weighted by Crippen LogP contribution is -2.20. The van der Waals surface area contributed by atoms with E-state index in [2.05, 4.69) is 26.1 Å². The highest BCUT2D eigenvalue weighted by molar-refractivity contribution is 7.14. The Morgan fingerprint density at radius 2 is 1.60 bits per heavy atom. The summed E-state index contributed by atoms with van der Waals surface area (Å²) < 4.78 is 5.68. The van der Waals surface area contributed by atoms with Crippen LogP contribution in [0.1, 0.15) is 21.5 Å². The summed E-state index contributed by atoms with van der Waals surface area (Å²) in [6.45, 7) is 1.80. The van der Waals surface area contributed by atoms with Crippen LogP contribution in [0.3, 0.4) is 0 Å². The second-order valence-electron chi connectivity index (χ2n) is 9.33. The third kappa shape index (κ3) is 8.42. The minimum absolute atomic E-state index is 0.244. The Bertz CT molecular complexity index is 1760. The SMILES string of the molecule is Cc1ccc(Nc2nc(-c3ccc(C(=O)N/N=C/c4cc(Cl)ccc4OCC(=O)Nc4ccc(Cl)cc4)cc3)cs2)cc1. The molecule has 3 N–H and O–H groups in total. The Kier molecular flexibility index (Phi) is 9.68. The van der Waals surface area contributed by atoms with Gasteiger partial charge in [-0.2, -0.15) is 5.10 Å². The van der Waals surface area contributed by atoms with E-state index in [0.29, 0.717) is 32.6 Å². The number of amides is 2. The van der Waals surface area contributed by atoms with Crippen molar-refractivity contribution in [1.29, 1.82) is 0 Å². The number of halogens is 2. The number of hydrogen-bond acceptors (Lipinski definition) is 7. The number of hydrazone groups is 1. The molecule has 0 aliphatic heterocycles. The summed E-state index contributed by atoms with van der Waals surface area (Å²) in [6, 6.07) is 26.8. The fourth-order valence-electron chi connectivity index (χ4n) is 3.87. The third-order valence-electron chi connectivity index (χ3n) is 6.08. The van der Waals surface area contributed by atoms with Crippen LogP contribution in [0, 0.1) is 6.92 Å². The number of carbonyl (C=O) groups is 2. The maximum Gasteiger partial charge on any atom is 0.271 e. The number of ether oxygens (including phenoxy) is 1. The second-order valence-corrected chi connectivity index (χ2v) is 11.1. The van der Waals surface area contributed by atoms with E-state index in [-0.39, 0.29) is 12.5 Å². The van der Waals surface area contributed by atoms with E-state index in [1.54, 1.807) is 54.6 Å². The molecule has 0 spiro atoms. The highest BCUT2D eigenvalue weighted by atomic mass is 35.5. The molecule has 0 unspecified atom stereocenters. The lowest BCUT2D eigenvalue weighted by Gasteiger charge is -2.10. The van der Waals surface area contributed by atoms with Crippen molar-refractivity contribution >= 4 is 69.1 Å². The van der Waals surface area contributed by atoms with Crippen molar-refractivity contribution in [2.75, 3.05) is 17.2 Å². The van der Waals surface area contributed by atoms with E-state index in [1.165, 1.54) is 23.1 Å². The quantitative estimate of drug-likeness (QED) is 0.107. The maximum absolute atomic E-state index is 12.7. The number of rotatable bonds is 10. The van der Waals surface area contributed by atoms with Gasteiger partial charge in [-0.15, -0.1) is 11.3 Å². The molecule has 0 aliphatic carbocycles. The monoisotopic (exact) mass is 629 g/mol. The van der Waals surface area contributed by atoms with Gasteiger partial charge in [-0.1, -0.05) is 53.0 Å². The molecule has 0 fully saturated rings. The fraction of sp³-hybridized carbons (Fsp3) is 0.0625. The minimum Gasteiger partial charge on any atom is -0.483 e. The first-order valence-electron chi connectivity index (χ1n) is 13.0. The Hall–Kier alpha value is -4.70. The summed E-state index contributed by atoms with van der Waals surface area (Å²) >= 11 is 13.5. The van der Waals surface area contributed by atoms with Crippen LogP contribution in [0.5, 0.6) is 5.75 Å². The Morgan fingerprint density at radius 1 is 0.907 bits per heavy atom. The number of thiazole rings is 1. The van der Waals surface area contributed by atoms with Gasteiger partial charge in [-0.25, -0.2) is 10.4 Å². The predicted molar refractivity (Wildman–Crippen MR) is 174 cm³/mol. The van der Waals surface area contributed by atoms with Crippen LogP contribution in [0.4, 0.5) is 16.5 Å². The normalized spacial score (nSPS) is 10.9.